The van der Waals surface area contributed by atoms with Gasteiger partial charge >= 0.3 is 0 Å². The molecule has 6 nitrogen and oxygen atoms in total. The molecule has 0 aliphatic heterocycles. The van der Waals surface area contributed by atoms with Gasteiger partial charge in [0.15, 0.2) is 0 Å². The van der Waals surface area contributed by atoms with Crippen LogP contribution in [-0.2, 0) is 6.54 Å². The maximum absolute atomic E-state index is 8.69. The molecule has 0 saturated heterocycles. The Hall–Kier alpha value is -1.69. The van der Waals surface area contributed by atoms with Crippen molar-refractivity contribution < 1.29 is 5.21 Å². The molecule has 1 aromatic rings. The van der Waals surface area contributed by atoms with E-state index >= 15 is 0 Å². The molecule has 0 saturated carbocycles. The minimum atomic E-state index is -0.253. The number of nitrogens with zero attached hydrogens (tertiary/aromatic N) is 3. The average Bonchev–Trinajstić information content (AvgIpc) is 2.43. The van der Waals surface area contributed by atoms with Crippen molar-refractivity contribution in [2.75, 3.05) is 6.54 Å². The predicted octanol–water partition coefficient (Wildman–Crippen LogP) is 1.82. The van der Waals surface area contributed by atoms with Gasteiger partial charge in [0.25, 0.3) is 0 Å². The van der Waals surface area contributed by atoms with Crippen molar-refractivity contribution in [3.05, 3.63) is 23.8 Å². The Morgan fingerprint density at radius 1 is 1.35 bits per heavy atom. The van der Waals surface area contributed by atoms with Crippen LogP contribution in [0.2, 0.25) is 0 Å². The SMILES string of the molecule is Cc1cnc(CNCCCCC(C)(C)C(N)=NO)cn1. The molecule has 0 unspecified atom stereocenters. The summed E-state index contributed by atoms with van der Waals surface area (Å²) >= 11 is 0. The Kier molecular flexibility index (Phi) is 6.38. The second kappa shape index (κ2) is 7.79. The number of nitrogens with one attached hydrogen (secondary N) is 1. The number of amidine groups is 1. The molecule has 0 aromatic carbocycles. The Balaban J connectivity index is 2.15. The first kappa shape index (κ1) is 16.4. The molecule has 0 radical (unpaired) electrons. The van der Waals surface area contributed by atoms with E-state index in [9.17, 15) is 0 Å². The number of oxime groups is 1. The van der Waals surface area contributed by atoms with E-state index in [0.29, 0.717) is 5.84 Å². The third kappa shape index (κ3) is 5.52. The lowest BCUT2D eigenvalue weighted by molar-refractivity contribution is 0.304. The summed E-state index contributed by atoms with van der Waals surface area (Å²) in [6.07, 6.45) is 6.53. The Morgan fingerprint density at radius 3 is 2.70 bits per heavy atom. The highest BCUT2D eigenvalue weighted by Crippen LogP contribution is 2.23. The van der Waals surface area contributed by atoms with E-state index in [-0.39, 0.29) is 5.41 Å². The quantitative estimate of drug-likeness (QED) is 0.222. The van der Waals surface area contributed by atoms with Gasteiger partial charge in [-0.1, -0.05) is 25.4 Å². The Labute approximate surface area is 120 Å². The van der Waals surface area contributed by atoms with E-state index in [4.69, 9.17) is 10.9 Å². The van der Waals surface area contributed by atoms with E-state index in [2.05, 4.69) is 20.4 Å². The van der Waals surface area contributed by atoms with Gasteiger partial charge in [0.2, 0.25) is 0 Å². The van der Waals surface area contributed by atoms with E-state index in [0.717, 1.165) is 43.7 Å². The predicted molar refractivity (Wildman–Crippen MR) is 79.5 cm³/mol. The molecule has 20 heavy (non-hydrogen) atoms. The van der Waals surface area contributed by atoms with Gasteiger partial charge in [-0.2, -0.15) is 0 Å². The zero-order chi connectivity index (χ0) is 15.0. The minimum absolute atomic E-state index is 0.253. The van der Waals surface area contributed by atoms with Crippen molar-refractivity contribution in [3.8, 4) is 0 Å². The molecule has 0 spiro atoms. The monoisotopic (exact) mass is 279 g/mol. The third-order valence-electron chi connectivity index (χ3n) is 3.35. The van der Waals surface area contributed by atoms with E-state index in [1.165, 1.54) is 0 Å². The van der Waals surface area contributed by atoms with Crippen LogP contribution in [0, 0.1) is 12.3 Å². The van der Waals surface area contributed by atoms with Crippen molar-refractivity contribution in [2.24, 2.45) is 16.3 Å². The highest BCUT2D eigenvalue weighted by Gasteiger charge is 2.22. The van der Waals surface area contributed by atoms with Crippen molar-refractivity contribution >= 4 is 5.84 Å². The lowest BCUT2D eigenvalue weighted by Crippen LogP contribution is -2.32. The molecule has 0 atom stereocenters. The number of nitrogens with two attached hydrogens (primary N) is 1. The summed E-state index contributed by atoms with van der Waals surface area (Å²) in [5.74, 6) is 0.292. The minimum Gasteiger partial charge on any atom is -0.409 e. The van der Waals surface area contributed by atoms with Gasteiger partial charge in [0.05, 0.1) is 11.4 Å². The molecule has 1 rings (SSSR count). The van der Waals surface area contributed by atoms with Crippen molar-refractivity contribution in [1.82, 2.24) is 15.3 Å². The molecule has 4 N–H and O–H groups in total. The fraction of sp³-hybridized carbons (Fsp3) is 0.643. The number of hydrogen-bond acceptors (Lipinski definition) is 5. The van der Waals surface area contributed by atoms with E-state index < -0.39 is 0 Å². The molecule has 0 aliphatic carbocycles. The van der Waals surface area contributed by atoms with Crippen LogP contribution in [0.1, 0.15) is 44.5 Å². The number of aryl methyl sites for hydroxylation is 1. The standard InChI is InChI=1S/C14H25N5O/c1-11-8-18-12(10-17-11)9-16-7-5-4-6-14(2,3)13(15)19-20/h8,10,16,20H,4-7,9H2,1-3H3,(H2,15,19). The summed E-state index contributed by atoms with van der Waals surface area (Å²) < 4.78 is 0. The normalized spacial score (nSPS) is 12.7. The summed E-state index contributed by atoms with van der Waals surface area (Å²) in [6.45, 7) is 7.54. The fourth-order valence-corrected chi connectivity index (χ4v) is 1.81. The van der Waals surface area contributed by atoms with Crippen molar-refractivity contribution in [3.63, 3.8) is 0 Å². The van der Waals surface area contributed by atoms with Crippen molar-refractivity contribution in [1.29, 1.82) is 0 Å². The maximum atomic E-state index is 8.69. The molecule has 1 heterocycles. The van der Waals surface area contributed by atoms with Crippen molar-refractivity contribution in [2.45, 2.75) is 46.6 Å². The molecule has 0 amide bonds. The van der Waals surface area contributed by atoms with Gasteiger partial charge in [-0.15, -0.1) is 0 Å². The van der Waals surface area contributed by atoms with Gasteiger partial charge in [-0.3, -0.25) is 9.97 Å². The van der Waals surface area contributed by atoms with E-state index in [1.807, 2.05) is 20.8 Å². The number of unbranched alkanes of at least 4 members (excludes halogenated alkanes) is 1. The second-order valence-electron chi connectivity index (χ2n) is 5.65. The van der Waals surface area contributed by atoms with Crippen LogP contribution in [0.5, 0.6) is 0 Å². The number of hydrogen-bond donors (Lipinski definition) is 3. The summed E-state index contributed by atoms with van der Waals surface area (Å²) in [4.78, 5) is 8.49. The van der Waals surface area contributed by atoms with Crippen LogP contribution in [0.4, 0.5) is 0 Å². The largest absolute Gasteiger partial charge is 0.409 e. The summed E-state index contributed by atoms with van der Waals surface area (Å²) in [5, 5.41) is 15.1. The molecular weight excluding hydrogens is 254 g/mol. The topological polar surface area (TPSA) is 96.4 Å². The Bertz CT molecular complexity index is 428. The maximum Gasteiger partial charge on any atom is 0.144 e. The molecule has 0 aliphatic rings. The first-order valence-corrected chi connectivity index (χ1v) is 6.92. The average molecular weight is 279 g/mol. The van der Waals surface area contributed by atoms with Crippen LogP contribution in [0.15, 0.2) is 17.5 Å². The zero-order valence-corrected chi connectivity index (χ0v) is 12.6. The van der Waals surface area contributed by atoms with Gasteiger partial charge < -0.3 is 16.3 Å². The van der Waals surface area contributed by atoms with Crippen LogP contribution in [0.25, 0.3) is 0 Å². The van der Waals surface area contributed by atoms with Crippen LogP contribution in [0.3, 0.4) is 0 Å². The highest BCUT2D eigenvalue weighted by molar-refractivity contribution is 5.85. The van der Waals surface area contributed by atoms with Gasteiger partial charge in [-0.05, 0) is 26.3 Å². The molecule has 0 bridgehead atoms. The summed E-state index contributed by atoms with van der Waals surface area (Å²) in [7, 11) is 0. The highest BCUT2D eigenvalue weighted by atomic mass is 16.4. The first-order chi connectivity index (χ1) is 9.45. The second-order valence-corrected chi connectivity index (χ2v) is 5.65. The van der Waals surface area contributed by atoms with Gasteiger partial charge in [0, 0.05) is 24.4 Å². The fourth-order valence-electron chi connectivity index (χ4n) is 1.81. The molecule has 6 heteroatoms. The lowest BCUT2D eigenvalue weighted by atomic mass is 9.86. The van der Waals surface area contributed by atoms with E-state index in [1.54, 1.807) is 12.4 Å². The summed E-state index contributed by atoms with van der Waals surface area (Å²) in [5.41, 5.74) is 7.28. The zero-order valence-electron chi connectivity index (χ0n) is 12.6. The number of aromatic nitrogens is 2. The van der Waals surface area contributed by atoms with Gasteiger partial charge in [0.1, 0.15) is 5.84 Å². The summed E-state index contributed by atoms with van der Waals surface area (Å²) in [6, 6.07) is 0. The molecule has 1 aromatic heterocycles. The number of rotatable bonds is 8. The van der Waals surface area contributed by atoms with Crippen LogP contribution >= 0.6 is 0 Å². The first-order valence-electron chi connectivity index (χ1n) is 6.92. The Morgan fingerprint density at radius 2 is 2.10 bits per heavy atom. The van der Waals surface area contributed by atoms with Crippen LogP contribution < -0.4 is 11.1 Å². The van der Waals surface area contributed by atoms with Gasteiger partial charge in [-0.25, -0.2) is 0 Å². The molecule has 0 fully saturated rings. The molecule has 112 valence electrons. The molecular formula is C14H25N5O. The third-order valence-corrected chi connectivity index (χ3v) is 3.35. The smallest absolute Gasteiger partial charge is 0.144 e. The lowest BCUT2D eigenvalue weighted by Gasteiger charge is -2.22. The van der Waals surface area contributed by atoms with Crippen LogP contribution in [-0.4, -0.2) is 27.6 Å².